The summed E-state index contributed by atoms with van der Waals surface area (Å²) in [4.78, 5) is 12.4. The smallest absolute Gasteiger partial charge is 0.220 e. The van der Waals surface area contributed by atoms with Crippen molar-refractivity contribution in [1.29, 1.82) is 0 Å². The van der Waals surface area contributed by atoms with Crippen LogP contribution in [-0.2, 0) is 4.79 Å². The van der Waals surface area contributed by atoms with Crippen molar-refractivity contribution in [1.82, 2.24) is 5.32 Å². The Bertz CT molecular complexity index is 844. The van der Waals surface area contributed by atoms with Crippen molar-refractivity contribution >= 4 is 5.91 Å². The van der Waals surface area contributed by atoms with Crippen LogP contribution in [0.15, 0.2) is 24.3 Å². The number of carbonyl (C=O) groups excluding carboxylic acids is 1. The van der Waals surface area contributed by atoms with Gasteiger partial charge in [0.25, 0.3) is 0 Å². The van der Waals surface area contributed by atoms with E-state index in [2.05, 4.69) is 43.5 Å². The fraction of sp³-hybridized carbons (Fsp3) is 0.904. The van der Waals surface area contributed by atoms with Gasteiger partial charge in [0, 0.05) is 6.42 Å². The van der Waals surface area contributed by atoms with Gasteiger partial charge in [0.15, 0.2) is 0 Å². The summed E-state index contributed by atoms with van der Waals surface area (Å²) >= 11 is 0. The van der Waals surface area contributed by atoms with E-state index < -0.39 is 18.2 Å². The minimum atomic E-state index is -1.13. The standard InChI is InChI=1S/C52H101NO4/c1-3-5-7-9-11-13-15-16-17-18-19-20-21-22-23-24-25-26-27-28-29-30-31-32-33-34-35-36-37-39-41-43-45-47-51(56)53-49(48-54)52(57)50(55)46-44-42-40-38-14-12-10-8-6-4-2/h19-20,22-23,49-50,52,54-55,57H,3-18,21,24-48H2,1-2H3,(H,53,56)/b20-19-,23-22-. The van der Waals surface area contributed by atoms with Gasteiger partial charge in [-0.15, -0.1) is 0 Å². The molecule has 0 aromatic rings. The Morgan fingerprint density at radius 1 is 0.439 bits per heavy atom. The molecule has 3 unspecified atom stereocenters. The Kier molecular flexibility index (Phi) is 46.5. The summed E-state index contributed by atoms with van der Waals surface area (Å²) in [5.41, 5.74) is 0. The highest BCUT2D eigenvalue weighted by molar-refractivity contribution is 5.76. The molecule has 4 N–H and O–H groups in total. The van der Waals surface area contributed by atoms with Crippen LogP contribution >= 0.6 is 0 Å². The lowest BCUT2D eigenvalue weighted by atomic mass is 9.99. The maximum atomic E-state index is 12.4. The molecule has 0 spiro atoms. The van der Waals surface area contributed by atoms with Crippen LogP contribution in [0.3, 0.4) is 0 Å². The molecule has 0 aliphatic carbocycles. The van der Waals surface area contributed by atoms with Crippen molar-refractivity contribution in [2.45, 2.75) is 295 Å². The van der Waals surface area contributed by atoms with Gasteiger partial charge in [-0.1, -0.05) is 250 Å². The molecule has 0 aliphatic rings. The highest BCUT2D eigenvalue weighted by Gasteiger charge is 2.26. The Labute approximate surface area is 356 Å². The fourth-order valence-corrected chi connectivity index (χ4v) is 8.08. The minimum Gasteiger partial charge on any atom is -0.394 e. The Morgan fingerprint density at radius 2 is 0.754 bits per heavy atom. The molecule has 0 aromatic heterocycles. The van der Waals surface area contributed by atoms with Crippen molar-refractivity contribution in [3.05, 3.63) is 24.3 Å². The summed E-state index contributed by atoms with van der Waals surface area (Å²) in [6.45, 7) is 4.17. The molecular weight excluding hydrogens is 703 g/mol. The van der Waals surface area contributed by atoms with Gasteiger partial charge in [-0.05, 0) is 44.9 Å². The van der Waals surface area contributed by atoms with Gasteiger partial charge < -0.3 is 20.6 Å². The lowest BCUT2D eigenvalue weighted by Gasteiger charge is -2.26. The van der Waals surface area contributed by atoms with Gasteiger partial charge in [0.05, 0.1) is 18.8 Å². The van der Waals surface area contributed by atoms with Gasteiger partial charge in [-0.25, -0.2) is 0 Å². The first kappa shape index (κ1) is 55.8. The summed E-state index contributed by atoms with van der Waals surface area (Å²) < 4.78 is 0. The first-order valence-corrected chi connectivity index (χ1v) is 25.6. The molecule has 5 heteroatoms. The quantitative estimate of drug-likeness (QED) is 0.0364. The Hall–Kier alpha value is -1.17. The minimum absolute atomic E-state index is 0.143. The molecule has 0 bridgehead atoms. The van der Waals surface area contributed by atoms with Crippen molar-refractivity contribution in [3.63, 3.8) is 0 Å². The number of rotatable bonds is 47. The molecule has 5 nitrogen and oxygen atoms in total. The van der Waals surface area contributed by atoms with Crippen LogP contribution in [0.2, 0.25) is 0 Å². The zero-order valence-electron chi connectivity index (χ0n) is 38.5. The van der Waals surface area contributed by atoms with E-state index >= 15 is 0 Å². The molecule has 0 saturated carbocycles. The highest BCUT2D eigenvalue weighted by atomic mass is 16.3. The Morgan fingerprint density at radius 3 is 1.11 bits per heavy atom. The second-order valence-corrected chi connectivity index (χ2v) is 17.7. The summed E-state index contributed by atoms with van der Waals surface area (Å²) in [6, 6.07) is -0.805. The Balaban J connectivity index is 3.46. The van der Waals surface area contributed by atoms with Crippen LogP contribution in [0.4, 0.5) is 0 Å². The van der Waals surface area contributed by atoms with E-state index in [-0.39, 0.29) is 12.5 Å². The lowest BCUT2D eigenvalue weighted by molar-refractivity contribution is -0.124. The number of hydrogen-bond acceptors (Lipinski definition) is 4. The number of carbonyl (C=O) groups is 1. The van der Waals surface area contributed by atoms with Crippen LogP contribution < -0.4 is 5.32 Å². The molecule has 0 aliphatic heterocycles. The molecule has 338 valence electrons. The average Bonchev–Trinajstić information content (AvgIpc) is 3.22. The second kappa shape index (κ2) is 47.5. The predicted molar refractivity (Wildman–Crippen MR) is 250 cm³/mol. The maximum absolute atomic E-state index is 12.4. The zero-order valence-corrected chi connectivity index (χ0v) is 38.5. The van der Waals surface area contributed by atoms with Crippen LogP contribution in [0, 0.1) is 0 Å². The van der Waals surface area contributed by atoms with Crippen molar-refractivity contribution in [3.8, 4) is 0 Å². The molecule has 0 fully saturated rings. The van der Waals surface area contributed by atoms with Gasteiger partial charge in [-0.3, -0.25) is 4.79 Å². The topological polar surface area (TPSA) is 89.8 Å². The summed E-state index contributed by atoms with van der Waals surface area (Å²) in [6.07, 6.45) is 59.0. The van der Waals surface area contributed by atoms with E-state index in [1.54, 1.807) is 0 Å². The lowest BCUT2D eigenvalue weighted by Crippen LogP contribution is -2.50. The SMILES string of the molecule is CCCCCCCCCCC/C=C\C/C=C\CCCCCCCCCCCCCCCCCCCC(=O)NC(CO)C(O)C(O)CCCCCCCCCCCC. The monoisotopic (exact) mass is 804 g/mol. The van der Waals surface area contributed by atoms with E-state index in [0.717, 1.165) is 44.9 Å². The van der Waals surface area contributed by atoms with Crippen LogP contribution in [0.5, 0.6) is 0 Å². The molecule has 0 radical (unpaired) electrons. The molecule has 0 heterocycles. The number of nitrogens with one attached hydrogen (secondary N) is 1. The van der Waals surface area contributed by atoms with Crippen molar-refractivity contribution in [2.24, 2.45) is 0 Å². The first-order chi connectivity index (χ1) is 28.1. The van der Waals surface area contributed by atoms with Gasteiger partial charge in [-0.2, -0.15) is 0 Å². The van der Waals surface area contributed by atoms with E-state index in [1.165, 1.54) is 205 Å². The fourth-order valence-electron chi connectivity index (χ4n) is 8.08. The largest absolute Gasteiger partial charge is 0.394 e. The summed E-state index contributed by atoms with van der Waals surface area (Å²) in [5.74, 6) is -0.143. The normalized spacial score (nSPS) is 13.6. The molecule has 1 amide bonds. The third-order valence-corrected chi connectivity index (χ3v) is 12.1. The van der Waals surface area contributed by atoms with E-state index in [0.29, 0.717) is 12.8 Å². The predicted octanol–water partition coefficient (Wildman–Crippen LogP) is 15.3. The van der Waals surface area contributed by atoms with E-state index in [1.807, 2.05) is 0 Å². The molecule has 3 atom stereocenters. The van der Waals surface area contributed by atoms with Crippen molar-refractivity contribution < 1.29 is 20.1 Å². The van der Waals surface area contributed by atoms with Crippen molar-refractivity contribution in [2.75, 3.05) is 6.61 Å². The van der Waals surface area contributed by atoms with Crippen LogP contribution in [0.25, 0.3) is 0 Å². The third kappa shape index (κ3) is 42.8. The number of aliphatic hydroxyl groups is 3. The number of hydrogen-bond donors (Lipinski definition) is 4. The number of allylic oxidation sites excluding steroid dienone is 4. The first-order valence-electron chi connectivity index (χ1n) is 25.6. The summed E-state index contributed by atoms with van der Waals surface area (Å²) in [5, 5.41) is 33.5. The second-order valence-electron chi connectivity index (χ2n) is 17.7. The van der Waals surface area contributed by atoms with Gasteiger partial charge in [0.1, 0.15) is 6.10 Å². The molecular formula is C52H101NO4. The molecule has 0 aromatic carbocycles. The summed E-state index contributed by atoms with van der Waals surface area (Å²) in [7, 11) is 0. The molecule has 0 rings (SSSR count). The van der Waals surface area contributed by atoms with Crippen LogP contribution in [0.1, 0.15) is 277 Å². The van der Waals surface area contributed by atoms with E-state index in [9.17, 15) is 20.1 Å². The number of unbranched alkanes of at least 4 members (excludes halogenated alkanes) is 35. The van der Waals surface area contributed by atoms with Gasteiger partial charge in [0.2, 0.25) is 5.91 Å². The molecule has 0 saturated heterocycles. The third-order valence-electron chi connectivity index (χ3n) is 12.1. The average molecular weight is 804 g/mol. The number of aliphatic hydroxyl groups excluding tert-OH is 3. The van der Waals surface area contributed by atoms with E-state index in [4.69, 9.17) is 0 Å². The number of amides is 1. The zero-order chi connectivity index (χ0) is 41.5. The molecule has 57 heavy (non-hydrogen) atoms. The van der Waals surface area contributed by atoms with Crippen LogP contribution in [-0.4, -0.2) is 46.1 Å². The highest BCUT2D eigenvalue weighted by Crippen LogP contribution is 2.17. The van der Waals surface area contributed by atoms with Gasteiger partial charge >= 0.3 is 0 Å². The maximum Gasteiger partial charge on any atom is 0.220 e.